The molecule has 0 spiro atoms. The van der Waals surface area contributed by atoms with Gasteiger partial charge in [0.25, 0.3) is 11.4 Å². The molecule has 2 aromatic rings. The monoisotopic (exact) mass is 403 g/mol. The number of carboxylic acid groups (broad SMARTS) is 1. The summed E-state index contributed by atoms with van der Waals surface area (Å²) in [6.07, 6.45) is 0. The number of rotatable bonds is 6. The Morgan fingerprint density at radius 2 is 1.72 bits per heavy atom. The third-order valence-electron chi connectivity index (χ3n) is 3.34. The molecule has 0 saturated heterocycles. The molecule has 2 aromatic carbocycles. The quantitative estimate of drug-likeness (QED) is 0.245. The van der Waals surface area contributed by atoms with Crippen molar-refractivity contribution in [2.24, 2.45) is 5.11 Å². The molecule has 0 atom stereocenters. The van der Waals surface area contributed by atoms with E-state index in [1.807, 2.05) is 0 Å². The average molecular weight is 403 g/mol. The minimum Gasteiger partial charge on any atom is -0.545 e. The van der Waals surface area contributed by atoms with Crippen LogP contribution < -0.4 is 10.0 Å². The van der Waals surface area contributed by atoms with Crippen molar-refractivity contribution in [3.8, 4) is 0 Å². The van der Waals surface area contributed by atoms with Gasteiger partial charge in [0, 0.05) is 12.1 Å². The van der Waals surface area contributed by atoms with Gasteiger partial charge < -0.3 is 14.6 Å². The lowest BCUT2D eigenvalue weighted by Crippen LogP contribution is -2.23. The molecular formula is C16H13N5O8. The van der Waals surface area contributed by atoms with Crippen molar-refractivity contribution < 1.29 is 29.3 Å². The van der Waals surface area contributed by atoms with Crippen molar-refractivity contribution in [2.75, 3.05) is 7.11 Å². The Morgan fingerprint density at radius 1 is 1.10 bits per heavy atom. The van der Waals surface area contributed by atoms with Crippen molar-refractivity contribution in [1.29, 1.82) is 5.53 Å². The van der Waals surface area contributed by atoms with Crippen molar-refractivity contribution in [2.45, 2.75) is 6.54 Å². The van der Waals surface area contributed by atoms with Crippen molar-refractivity contribution in [3.05, 3.63) is 79.4 Å². The molecule has 0 aliphatic rings. The number of carboxylic acids is 1. The van der Waals surface area contributed by atoms with Gasteiger partial charge >= 0.3 is 5.97 Å². The van der Waals surface area contributed by atoms with Crippen LogP contribution in [0.2, 0.25) is 0 Å². The summed E-state index contributed by atoms with van der Waals surface area (Å²) >= 11 is 0. The molecule has 13 nitrogen and oxygen atoms in total. The number of benzene rings is 2. The van der Waals surface area contributed by atoms with E-state index in [-0.39, 0.29) is 23.4 Å². The Labute approximate surface area is 162 Å². The van der Waals surface area contributed by atoms with Crippen molar-refractivity contribution in [1.82, 2.24) is 4.91 Å². The van der Waals surface area contributed by atoms with Gasteiger partial charge in [-0.15, -0.1) is 0 Å². The number of aromatic carboxylic acids is 1. The van der Waals surface area contributed by atoms with Crippen LogP contribution in [0.5, 0.6) is 0 Å². The van der Waals surface area contributed by atoms with E-state index < -0.39 is 33.0 Å². The Bertz CT molecular complexity index is 968. The van der Waals surface area contributed by atoms with E-state index in [0.717, 1.165) is 18.2 Å². The summed E-state index contributed by atoms with van der Waals surface area (Å²) in [6.45, 7) is -0.0821. The van der Waals surface area contributed by atoms with E-state index in [4.69, 9.17) is 5.53 Å². The van der Waals surface area contributed by atoms with Crippen LogP contribution >= 0.6 is 0 Å². The lowest BCUT2D eigenvalue weighted by molar-refractivity contribution is -0.385. The van der Waals surface area contributed by atoms with Gasteiger partial charge in [0.1, 0.15) is 10.6 Å². The van der Waals surface area contributed by atoms with E-state index in [2.05, 4.69) is 14.8 Å². The number of carbonyl (C=O) groups excluding carboxylic acids is 2. The fraction of sp³-hybridized carbons (Fsp3) is 0.125. The SMILES string of the molecule is COC(=O)c1ccc(CN=[N+]=N)c([N+](=O)[O-])c1.O=C([O-])c1ccccc1[N+](=O)[O-]. The largest absolute Gasteiger partial charge is 0.545 e. The lowest BCUT2D eigenvalue weighted by Gasteiger charge is -2.01. The van der Waals surface area contributed by atoms with Gasteiger partial charge in [0.05, 0.1) is 39.6 Å². The number of hydrogen-bond donors (Lipinski definition) is 1. The minimum atomic E-state index is -1.54. The predicted octanol–water partition coefficient (Wildman–Crippen LogP) is 1.39. The number of esters is 1. The first-order valence-electron chi connectivity index (χ1n) is 7.56. The molecule has 13 heteroatoms. The molecule has 0 aliphatic carbocycles. The fourth-order valence-corrected chi connectivity index (χ4v) is 2.03. The third-order valence-corrected chi connectivity index (χ3v) is 3.34. The van der Waals surface area contributed by atoms with Gasteiger partial charge in [-0.1, -0.05) is 12.1 Å². The van der Waals surface area contributed by atoms with Crippen LogP contribution in [0.15, 0.2) is 47.6 Å². The minimum absolute atomic E-state index is 0.0821. The molecule has 0 bridgehead atoms. The van der Waals surface area contributed by atoms with Crippen LogP contribution in [0.4, 0.5) is 11.4 Å². The highest BCUT2D eigenvalue weighted by Crippen LogP contribution is 2.21. The average Bonchev–Trinajstić information content (AvgIpc) is 2.71. The molecule has 0 heterocycles. The maximum Gasteiger partial charge on any atom is 0.338 e. The number of nitrogens with zero attached hydrogens (tertiary/aromatic N) is 4. The van der Waals surface area contributed by atoms with Gasteiger partial charge in [-0.25, -0.2) is 4.79 Å². The number of hydrogen-bond acceptors (Lipinski definition) is 10. The zero-order valence-corrected chi connectivity index (χ0v) is 14.8. The molecule has 0 fully saturated rings. The van der Waals surface area contributed by atoms with Crippen LogP contribution in [0, 0.1) is 25.8 Å². The highest BCUT2D eigenvalue weighted by Gasteiger charge is 2.18. The predicted molar refractivity (Wildman–Crippen MR) is 92.8 cm³/mol. The molecule has 150 valence electrons. The number of nitro benzene ring substituents is 2. The van der Waals surface area contributed by atoms with Gasteiger partial charge in [-0.05, 0) is 18.2 Å². The van der Waals surface area contributed by atoms with Crippen LogP contribution in [0.25, 0.3) is 0 Å². The first-order valence-corrected chi connectivity index (χ1v) is 7.56. The maximum atomic E-state index is 11.2. The van der Waals surface area contributed by atoms with Gasteiger partial charge in [0.2, 0.25) is 4.91 Å². The number of ether oxygens (including phenoxy) is 1. The van der Waals surface area contributed by atoms with E-state index in [0.29, 0.717) is 0 Å². The summed E-state index contributed by atoms with van der Waals surface area (Å²) in [4.78, 5) is 43.9. The zero-order valence-electron chi connectivity index (χ0n) is 14.8. The maximum absolute atomic E-state index is 11.2. The normalized spacial score (nSPS) is 9.28. The summed E-state index contributed by atoms with van der Waals surface area (Å²) in [6, 6.07) is 8.94. The van der Waals surface area contributed by atoms with Gasteiger partial charge in [-0.2, -0.15) is 0 Å². The summed E-state index contributed by atoms with van der Waals surface area (Å²) in [5, 5.41) is 34.7. The first-order chi connectivity index (χ1) is 13.7. The lowest BCUT2D eigenvalue weighted by atomic mass is 10.1. The molecular weight excluding hydrogens is 390 g/mol. The number of para-hydroxylation sites is 1. The third kappa shape index (κ3) is 6.30. The smallest absolute Gasteiger partial charge is 0.338 e. The molecule has 0 aliphatic heterocycles. The van der Waals surface area contributed by atoms with Crippen LogP contribution in [0.1, 0.15) is 26.3 Å². The molecule has 0 saturated carbocycles. The molecule has 1 N–H and O–H groups in total. The van der Waals surface area contributed by atoms with E-state index >= 15 is 0 Å². The van der Waals surface area contributed by atoms with Crippen LogP contribution in [0.3, 0.4) is 0 Å². The standard InChI is InChI=1S/C9H9N4O4.C7H5NO4/c1-17-9(14)6-2-3-7(5-11-12-10)8(4-6)13(15)16;9-7(10)5-3-1-2-4-6(5)8(11)12/h2-4,10H,5H2,1H3;1-4H,(H,9,10)/q+1;/p-1. The first kappa shape index (κ1) is 22.5. The second kappa shape index (κ2) is 10.6. The van der Waals surface area contributed by atoms with E-state index in [1.165, 1.54) is 31.4 Å². The van der Waals surface area contributed by atoms with E-state index in [9.17, 15) is 34.9 Å². The fourth-order valence-electron chi connectivity index (χ4n) is 2.03. The number of nitro groups is 2. The second-order valence-electron chi connectivity index (χ2n) is 5.05. The highest BCUT2D eigenvalue weighted by atomic mass is 16.6. The summed E-state index contributed by atoms with van der Waals surface area (Å²) < 4.78 is 4.46. The highest BCUT2D eigenvalue weighted by molar-refractivity contribution is 5.90. The Kier molecular flexibility index (Phi) is 8.23. The summed E-state index contributed by atoms with van der Waals surface area (Å²) in [5.41, 5.74) is 5.75. The van der Waals surface area contributed by atoms with Gasteiger partial charge in [-0.3, -0.25) is 20.2 Å². The molecule has 0 aromatic heterocycles. The van der Waals surface area contributed by atoms with Crippen molar-refractivity contribution in [3.63, 3.8) is 0 Å². The van der Waals surface area contributed by atoms with Crippen LogP contribution in [-0.4, -0.2) is 28.9 Å². The second-order valence-corrected chi connectivity index (χ2v) is 5.05. The topological polar surface area (TPSA) is 203 Å². The Balaban J connectivity index is 0.000000308. The summed E-state index contributed by atoms with van der Waals surface area (Å²) in [7, 11) is 1.19. The van der Waals surface area contributed by atoms with Crippen LogP contribution in [-0.2, 0) is 11.3 Å². The number of nitrogens with one attached hydrogen (secondary N) is 1. The Hall–Kier alpha value is -4.51. The number of methoxy groups -OCH3 is 1. The molecule has 29 heavy (non-hydrogen) atoms. The van der Waals surface area contributed by atoms with Crippen molar-refractivity contribution >= 4 is 23.3 Å². The molecule has 0 amide bonds. The van der Waals surface area contributed by atoms with Gasteiger partial charge in [0.15, 0.2) is 6.54 Å². The zero-order chi connectivity index (χ0) is 22.0. The number of carbonyl (C=O) groups is 2. The molecule has 0 unspecified atom stereocenters. The van der Waals surface area contributed by atoms with E-state index in [1.54, 1.807) is 0 Å². The molecule has 0 radical (unpaired) electrons. The Morgan fingerprint density at radius 3 is 2.21 bits per heavy atom. The molecule has 2 rings (SSSR count). The summed E-state index contributed by atoms with van der Waals surface area (Å²) in [5.74, 6) is -2.19.